The second kappa shape index (κ2) is 6.39. The third-order valence-electron chi connectivity index (χ3n) is 3.04. The molecule has 0 unspecified atom stereocenters. The monoisotopic (exact) mass is 272 g/mol. The summed E-state index contributed by atoms with van der Waals surface area (Å²) in [5.41, 5.74) is 8.75. The molecule has 106 valence electrons. The van der Waals surface area contributed by atoms with Gasteiger partial charge in [-0.1, -0.05) is 12.1 Å². The first kappa shape index (κ1) is 14.3. The van der Waals surface area contributed by atoms with Crippen LogP contribution in [-0.2, 0) is 6.61 Å². The normalized spacial score (nSPS) is 12.0. The molecular formula is C16H20N2O2. The minimum Gasteiger partial charge on any atom is -0.493 e. The summed E-state index contributed by atoms with van der Waals surface area (Å²) < 4.78 is 11.1. The van der Waals surface area contributed by atoms with E-state index < -0.39 is 0 Å². The number of hydrogen-bond donors (Lipinski definition) is 1. The molecule has 0 aliphatic carbocycles. The molecule has 0 saturated carbocycles. The highest BCUT2D eigenvalue weighted by Gasteiger charge is 2.08. The lowest BCUT2D eigenvalue weighted by Crippen LogP contribution is -2.06. The lowest BCUT2D eigenvalue weighted by atomic mass is 10.1. The largest absolute Gasteiger partial charge is 0.493 e. The summed E-state index contributed by atoms with van der Waals surface area (Å²) in [5, 5.41) is 0. The minimum absolute atomic E-state index is 0.0311. The van der Waals surface area contributed by atoms with Crippen molar-refractivity contribution in [2.75, 3.05) is 7.11 Å². The lowest BCUT2D eigenvalue weighted by molar-refractivity contribution is 0.280. The molecule has 0 aliphatic heterocycles. The molecule has 1 heterocycles. The maximum atomic E-state index is 5.86. The van der Waals surface area contributed by atoms with Crippen LogP contribution in [-0.4, -0.2) is 12.1 Å². The van der Waals surface area contributed by atoms with Crippen molar-refractivity contribution in [3.63, 3.8) is 0 Å². The fourth-order valence-corrected chi connectivity index (χ4v) is 1.92. The van der Waals surface area contributed by atoms with Crippen molar-refractivity contribution in [3.05, 3.63) is 53.3 Å². The van der Waals surface area contributed by atoms with Crippen LogP contribution in [0.3, 0.4) is 0 Å². The number of aromatic nitrogens is 1. The molecular weight excluding hydrogens is 252 g/mol. The zero-order chi connectivity index (χ0) is 14.5. The number of rotatable bonds is 5. The van der Waals surface area contributed by atoms with Gasteiger partial charge in [0.1, 0.15) is 6.61 Å². The fourth-order valence-electron chi connectivity index (χ4n) is 1.92. The number of pyridine rings is 1. The molecule has 1 aromatic carbocycles. The van der Waals surface area contributed by atoms with Gasteiger partial charge >= 0.3 is 0 Å². The highest BCUT2D eigenvalue weighted by molar-refractivity contribution is 5.43. The van der Waals surface area contributed by atoms with Crippen LogP contribution in [0.25, 0.3) is 0 Å². The van der Waals surface area contributed by atoms with Gasteiger partial charge in [0.15, 0.2) is 11.5 Å². The number of methoxy groups -OCH3 is 1. The van der Waals surface area contributed by atoms with Crippen molar-refractivity contribution in [2.24, 2.45) is 5.73 Å². The molecule has 4 heteroatoms. The van der Waals surface area contributed by atoms with Crippen molar-refractivity contribution >= 4 is 0 Å². The van der Waals surface area contributed by atoms with Gasteiger partial charge in [-0.25, -0.2) is 0 Å². The smallest absolute Gasteiger partial charge is 0.161 e. The molecule has 2 N–H and O–H groups in total. The van der Waals surface area contributed by atoms with Crippen LogP contribution >= 0.6 is 0 Å². The highest BCUT2D eigenvalue weighted by Crippen LogP contribution is 2.30. The van der Waals surface area contributed by atoms with Crippen LogP contribution < -0.4 is 15.2 Å². The van der Waals surface area contributed by atoms with Crippen LogP contribution in [0.1, 0.15) is 29.9 Å². The molecule has 0 amide bonds. The summed E-state index contributed by atoms with van der Waals surface area (Å²) in [5.74, 6) is 1.38. The molecule has 2 aromatic rings. The van der Waals surface area contributed by atoms with Crippen molar-refractivity contribution < 1.29 is 9.47 Å². The number of hydrogen-bond acceptors (Lipinski definition) is 4. The number of ether oxygens (including phenoxy) is 2. The molecule has 20 heavy (non-hydrogen) atoms. The second-order valence-electron chi connectivity index (χ2n) is 4.76. The SMILES string of the molecule is COc1cc([C@@H](C)N)ccc1OCc1cccc(C)n1. The van der Waals surface area contributed by atoms with E-state index in [2.05, 4.69) is 4.98 Å². The summed E-state index contributed by atoms with van der Waals surface area (Å²) in [4.78, 5) is 4.40. The molecule has 1 atom stereocenters. The minimum atomic E-state index is -0.0311. The van der Waals surface area contributed by atoms with Gasteiger partial charge in [-0.3, -0.25) is 4.98 Å². The van der Waals surface area contributed by atoms with Crippen LogP contribution in [0, 0.1) is 6.92 Å². The van der Waals surface area contributed by atoms with E-state index in [1.165, 1.54) is 0 Å². The molecule has 0 saturated heterocycles. The van der Waals surface area contributed by atoms with E-state index in [0.29, 0.717) is 18.1 Å². The Kier molecular flexibility index (Phi) is 4.58. The summed E-state index contributed by atoms with van der Waals surface area (Å²) in [7, 11) is 1.62. The van der Waals surface area contributed by atoms with E-state index in [0.717, 1.165) is 17.0 Å². The maximum Gasteiger partial charge on any atom is 0.161 e. The zero-order valence-electron chi connectivity index (χ0n) is 12.1. The average Bonchev–Trinajstić information content (AvgIpc) is 2.45. The molecule has 0 fully saturated rings. The fraction of sp³-hybridized carbons (Fsp3) is 0.312. The Morgan fingerprint density at radius 1 is 1.20 bits per heavy atom. The molecule has 0 spiro atoms. The van der Waals surface area contributed by atoms with Crippen molar-refractivity contribution in [3.8, 4) is 11.5 Å². The molecule has 1 aromatic heterocycles. The van der Waals surface area contributed by atoms with Crippen LogP contribution in [0.2, 0.25) is 0 Å². The van der Waals surface area contributed by atoms with E-state index in [-0.39, 0.29) is 6.04 Å². The number of aryl methyl sites for hydroxylation is 1. The van der Waals surface area contributed by atoms with E-state index in [9.17, 15) is 0 Å². The number of benzene rings is 1. The molecule has 0 aliphatic rings. The van der Waals surface area contributed by atoms with Gasteiger partial charge < -0.3 is 15.2 Å². The number of nitrogens with zero attached hydrogens (tertiary/aromatic N) is 1. The lowest BCUT2D eigenvalue weighted by Gasteiger charge is -2.13. The first-order valence-electron chi connectivity index (χ1n) is 6.59. The number of nitrogens with two attached hydrogens (primary N) is 1. The Morgan fingerprint density at radius 2 is 2.00 bits per heavy atom. The molecule has 4 nitrogen and oxygen atoms in total. The van der Waals surface area contributed by atoms with Gasteiger partial charge in [-0.2, -0.15) is 0 Å². The first-order chi connectivity index (χ1) is 9.60. The van der Waals surface area contributed by atoms with Crippen LogP contribution in [0.15, 0.2) is 36.4 Å². The Morgan fingerprint density at radius 3 is 2.65 bits per heavy atom. The topological polar surface area (TPSA) is 57.4 Å². The summed E-state index contributed by atoms with van der Waals surface area (Å²) in [6, 6.07) is 11.6. The first-order valence-corrected chi connectivity index (χ1v) is 6.59. The summed E-state index contributed by atoms with van der Waals surface area (Å²) in [6.07, 6.45) is 0. The van der Waals surface area contributed by atoms with Gasteiger partial charge in [0.05, 0.1) is 12.8 Å². The highest BCUT2D eigenvalue weighted by atomic mass is 16.5. The Balaban J connectivity index is 2.13. The van der Waals surface area contributed by atoms with Crippen molar-refractivity contribution in [1.82, 2.24) is 4.98 Å². The quantitative estimate of drug-likeness (QED) is 0.909. The Bertz CT molecular complexity index is 582. The third-order valence-corrected chi connectivity index (χ3v) is 3.04. The predicted octanol–water partition coefficient (Wildman–Crippen LogP) is 3.00. The van der Waals surface area contributed by atoms with Crippen molar-refractivity contribution in [2.45, 2.75) is 26.5 Å². The summed E-state index contributed by atoms with van der Waals surface area (Å²) in [6.45, 7) is 4.31. The van der Waals surface area contributed by atoms with Gasteiger partial charge in [0.2, 0.25) is 0 Å². The van der Waals surface area contributed by atoms with Gasteiger partial charge in [-0.05, 0) is 43.7 Å². The third kappa shape index (κ3) is 3.48. The van der Waals surface area contributed by atoms with Gasteiger partial charge in [-0.15, -0.1) is 0 Å². The predicted molar refractivity (Wildman–Crippen MR) is 78.9 cm³/mol. The Labute approximate surface area is 119 Å². The van der Waals surface area contributed by atoms with E-state index >= 15 is 0 Å². The van der Waals surface area contributed by atoms with Crippen LogP contribution in [0.5, 0.6) is 11.5 Å². The molecule has 0 bridgehead atoms. The molecule has 0 radical (unpaired) electrons. The van der Waals surface area contributed by atoms with Gasteiger partial charge in [0.25, 0.3) is 0 Å². The average molecular weight is 272 g/mol. The van der Waals surface area contributed by atoms with Crippen molar-refractivity contribution in [1.29, 1.82) is 0 Å². The zero-order valence-corrected chi connectivity index (χ0v) is 12.1. The van der Waals surface area contributed by atoms with Crippen LogP contribution in [0.4, 0.5) is 0 Å². The Hall–Kier alpha value is -2.07. The molecule has 2 rings (SSSR count). The van der Waals surface area contributed by atoms with E-state index in [1.807, 2.05) is 50.2 Å². The van der Waals surface area contributed by atoms with E-state index in [1.54, 1.807) is 7.11 Å². The maximum absolute atomic E-state index is 5.86. The second-order valence-corrected chi connectivity index (χ2v) is 4.76. The van der Waals surface area contributed by atoms with Gasteiger partial charge in [0, 0.05) is 11.7 Å². The summed E-state index contributed by atoms with van der Waals surface area (Å²) >= 11 is 0. The van der Waals surface area contributed by atoms with E-state index in [4.69, 9.17) is 15.2 Å². The standard InChI is InChI=1S/C16H20N2O2/c1-11-5-4-6-14(18-11)10-20-15-8-7-13(12(2)17)9-16(15)19-3/h4-9,12H,10,17H2,1-3H3/t12-/m1/s1.